The van der Waals surface area contributed by atoms with Crippen molar-refractivity contribution in [1.29, 1.82) is 0 Å². The van der Waals surface area contributed by atoms with Crippen LogP contribution in [0.4, 0.5) is 29.3 Å². The van der Waals surface area contributed by atoms with Gasteiger partial charge in [0.1, 0.15) is 17.4 Å². The zero-order valence-corrected chi connectivity index (χ0v) is 15.8. The molecule has 1 aromatic carbocycles. The molecule has 3 N–H and O–H groups in total. The number of carbonyl (C=O) groups is 2. The minimum absolute atomic E-state index is 0.0847. The molecule has 0 unspecified atom stereocenters. The Kier molecular flexibility index (Phi) is 7.32. The maximum absolute atomic E-state index is 12.4. The van der Waals surface area contributed by atoms with Crippen LogP contribution in [-0.2, 0) is 9.53 Å². The number of alkyl carbamates (subject to hydrolysis) is 1. The molecule has 0 spiro atoms. The smallest absolute Gasteiger partial charge is 0.444 e. The van der Waals surface area contributed by atoms with E-state index in [0.717, 1.165) is 12.1 Å². The molecule has 0 bridgehead atoms. The molecule has 1 atom stereocenters. The van der Waals surface area contributed by atoms with Gasteiger partial charge in [0.2, 0.25) is 5.91 Å². The van der Waals surface area contributed by atoms with Gasteiger partial charge in [-0.2, -0.15) is 0 Å². The normalized spacial score (nSPS) is 12.7. The summed E-state index contributed by atoms with van der Waals surface area (Å²) in [6.45, 7) is 8.71. The van der Waals surface area contributed by atoms with Crippen LogP contribution in [0.25, 0.3) is 0 Å². The number of hydrogen-bond donors (Lipinski definition) is 3. The van der Waals surface area contributed by atoms with E-state index in [-0.39, 0.29) is 5.69 Å². The van der Waals surface area contributed by atoms with Crippen LogP contribution < -0.4 is 20.7 Å². The molecule has 0 aromatic heterocycles. The van der Waals surface area contributed by atoms with Crippen LogP contribution in [0.3, 0.4) is 0 Å². The third-order valence-corrected chi connectivity index (χ3v) is 2.98. The summed E-state index contributed by atoms with van der Waals surface area (Å²) in [6.07, 6.45) is -5.64. The molecule has 0 heterocycles. The molecule has 152 valence electrons. The van der Waals surface area contributed by atoms with E-state index < -0.39 is 35.8 Å². The van der Waals surface area contributed by atoms with Gasteiger partial charge in [0.05, 0.1) is 11.4 Å². The average molecular weight is 391 g/mol. The van der Waals surface area contributed by atoms with Crippen LogP contribution in [-0.4, -0.2) is 36.6 Å². The van der Waals surface area contributed by atoms with E-state index in [1.54, 1.807) is 27.7 Å². The summed E-state index contributed by atoms with van der Waals surface area (Å²) in [6, 6.07) is 2.54. The quantitative estimate of drug-likeness (QED) is 0.685. The molecular formula is C17H24F3N3O4. The zero-order chi connectivity index (χ0) is 20.8. The minimum atomic E-state index is -4.85. The number of amides is 2. The predicted molar refractivity (Wildman–Crippen MR) is 94.8 cm³/mol. The molecule has 27 heavy (non-hydrogen) atoms. The number of carbonyl (C=O) groups excluding carboxylic acids is 2. The van der Waals surface area contributed by atoms with Gasteiger partial charge in [0.15, 0.2) is 0 Å². The first kappa shape index (κ1) is 22.4. The van der Waals surface area contributed by atoms with Gasteiger partial charge >= 0.3 is 12.5 Å². The first-order valence-corrected chi connectivity index (χ1v) is 8.25. The van der Waals surface area contributed by atoms with Crippen molar-refractivity contribution in [2.75, 3.05) is 17.2 Å². The fourth-order valence-corrected chi connectivity index (χ4v) is 1.96. The van der Waals surface area contributed by atoms with Crippen molar-refractivity contribution in [2.45, 2.75) is 52.6 Å². The van der Waals surface area contributed by atoms with E-state index in [9.17, 15) is 22.8 Å². The van der Waals surface area contributed by atoms with Crippen molar-refractivity contribution >= 4 is 23.4 Å². The Morgan fingerprint density at radius 2 is 1.78 bits per heavy atom. The second-order valence-corrected chi connectivity index (χ2v) is 6.64. The zero-order valence-electron chi connectivity index (χ0n) is 15.8. The van der Waals surface area contributed by atoms with E-state index in [1.807, 2.05) is 0 Å². The lowest BCUT2D eigenvalue weighted by Crippen LogP contribution is -2.44. The topological polar surface area (TPSA) is 88.7 Å². The number of halogens is 3. The van der Waals surface area contributed by atoms with Crippen LogP contribution in [0.15, 0.2) is 18.2 Å². The molecule has 0 saturated carbocycles. The van der Waals surface area contributed by atoms with Crippen LogP contribution >= 0.6 is 0 Å². The fraction of sp³-hybridized carbons (Fsp3) is 0.529. The number of rotatable bonds is 6. The van der Waals surface area contributed by atoms with Gasteiger partial charge in [-0.05, 0) is 46.8 Å². The minimum Gasteiger partial charge on any atom is -0.444 e. The van der Waals surface area contributed by atoms with Crippen LogP contribution in [0.5, 0.6) is 5.75 Å². The van der Waals surface area contributed by atoms with Crippen LogP contribution in [0.1, 0.15) is 34.6 Å². The number of benzene rings is 1. The fourth-order valence-electron chi connectivity index (χ4n) is 1.96. The Morgan fingerprint density at radius 3 is 2.30 bits per heavy atom. The Labute approximate surface area is 155 Å². The summed E-state index contributed by atoms with van der Waals surface area (Å²) < 4.78 is 46.1. The standard InChI is InChI=1S/C17H24F3N3O4/c1-6-21-12-8-7-11(26-17(18,19)20)9-13(12)23-14(24)10(2)22-15(25)27-16(3,4)5/h7-10,21H,6H2,1-5H3,(H,22,25)(H,23,24)/t10-/m0/s1. The maximum atomic E-state index is 12.4. The van der Waals surface area contributed by atoms with Crippen molar-refractivity contribution in [3.05, 3.63) is 18.2 Å². The third-order valence-electron chi connectivity index (χ3n) is 2.98. The molecule has 10 heteroatoms. The first-order valence-electron chi connectivity index (χ1n) is 8.25. The molecule has 0 radical (unpaired) electrons. The third kappa shape index (κ3) is 8.52. The SMILES string of the molecule is CCNc1ccc(OC(F)(F)F)cc1NC(=O)[C@H](C)NC(=O)OC(C)(C)C. The van der Waals surface area contributed by atoms with Gasteiger partial charge < -0.3 is 25.4 Å². The van der Waals surface area contributed by atoms with E-state index in [2.05, 4.69) is 20.7 Å². The summed E-state index contributed by atoms with van der Waals surface area (Å²) in [7, 11) is 0. The van der Waals surface area contributed by atoms with Gasteiger partial charge in [-0.1, -0.05) is 0 Å². The number of alkyl halides is 3. The summed E-state index contributed by atoms with van der Waals surface area (Å²) in [5.74, 6) is -1.11. The predicted octanol–water partition coefficient (Wildman–Crippen LogP) is 3.87. The monoisotopic (exact) mass is 391 g/mol. The molecule has 0 aliphatic heterocycles. The Morgan fingerprint density at radius 1 is 1.15 bits per heavy atom. The largest absolute Gasteiger partial charge is 0.573 e. The molecule has 0 saturated heterocycles. The highest BCUT2D eigenvalue weighted by atomic mass is 19.4. The van der Waals surface area contributed by atoms with E-state index in [0.29, 0.717) is 12.2 Å². The van der Waals surface area contributed by atoms with Crippen LogP contribution in [0.2, 0.25) is 0 Å². The highest BCUT2D eigenvalue weighted by molar-refractivity contribution is 5.99. The van der Waals surface area contributed by atoms with Crippen molar-refractivity contribution in [1.82, 2.24) is 5.32 Å². The lowest BCUT2D eigenvalue weighted by Gasteiger charge is -2.22. The lowest BCUT2D eigenvalue weighted by molar-refractivity contribution is -0.274. The Balaban J connectivity index is 2.88. The average Bonchev–Trinajstić information content (AvgIpc) is 2.46. The van der Waals surface area contributed by atoms with Gasteiger partial charge in [0, 0.05) is 12.6 Å². The van der Waals surface area contributed by atoms with Gasteiger partial charge in [0.25, 0.3) is 0 Å². The second kappa shape index (κ2) is 8.83. The lowest BCUT2D eigenvalue weighted by atomic mass is 10.2. The molecule has 0 aliphatic carbocycles. The van der Waals surface area contributed by atoms with Crippen molar-refractivity contribution < 1.29 is 32.2 Å². The summed E-state index contributed by atoms with van der Waals surface area (Å²) >= 11 is 0. The van der Waals surface area contributed by atoms with Gasteiger partial charge in [-0.25, -0.2) is 4.79 Å². The molecule has 1 rings (SSSR count). The van der Waals surface area contributed by atoms with E-state index in [4.69, 9.17) is 4.74 Å². The molecule has 2 amide bonds. The number of ether oxygens (including phenoxy) is 2. The van der Waals surface area contributed by atoms with Crippen molar-refractivity contribution in [3.63, 3.8) is 0 Å². The first-order chi connectivity index (χ1) is 12.3. The van der Waals surface area contributed by atoms with Gasteiger partial charge in [-0.3, -0.25) is 4.79 Å². The number of anilines is 2. The molecule has 7 nitrogen and oxygen atoms in total. The number of hydrogen-bond acceptors (Lipinski definition) is 5. The van der Waals surface area contributed by atoms with Crippen molar-refractivity contribution in [3.8, 4) is 5.75 Å². The Bertz CT molecular complexity index is 672. The molecule has 0 fully saturated rings. The summed E-state index contributed by atoms with van der Waals surface area (Å²) in [5, 5.41) is 7.75. The summed E-state index contributed by atoms with van der Waals surface area (Å²) in [4.78, 5) is 24.0. The van der Waals surface area contributed by atoms with E-state index in [1.165, 1.54) is 13.0 Å². The highest BCUT2D eigenvalue weighted by Gasteiger charge is 2.31. The Hall–Kier alpha value is -2.65. The maximum Gasteiger partial charge on any atom is 0.573 e. The summed E-state index contributed by atoms with van der Waals surface area (Å²) in [5.41, 5.74) is -0.242. The van der Waals surface area contributed by atoms with Crippen molar-refractivity contribution in [2.24, 2.45) is 0 Å². The number of nitrogens with one attached hydrogen (secondary N) is 3. The van der Waals surface area contributed by atoms with Crippen LogP contribution in [0, 0.1) is 0 Å². The second-order valence-electron chi connectivity index (χ2n) is 6.64. The molecular weight excluding hydrogens is 367 g/mol. The van der Waals surface area contributed by atoms with Gasteiger partial charge in [-0.15, -0.1) is 13.2 Å². The molecule has 0 aliphatic rings. The molecule has 1 aromatic rings. The van der Waals surface area contributed by atoms with E-state index >= 15 is 0 Å². The highest BCUT2D eigenvalue weighted by Crippen LogP contribution is 2.30.